The van der Waals surface area contributed by atoms with E-state index in [0.29, 0.717) is 18.8 Å². The lowest BCUT2D eigenvalue weighted by Crippen LogP contribution is -2.20. The van der Waals surface area contributed by atoms with E-state index in [1.807, 2.05) is 36.5 Å². The Balaban J connectivity index is 2.12. The maximum atomic E-state index is 8.83. The summed E-state index contributed by atoms with van der Waals surface area (Å²) in [4.78, 5) is 8.49. The average Bonchev–Trinajstić information content (AvgIpc) is 2.48. The maximum Gasteiger partial charge on any atom is 0.182 e. The minimum atomic E-state index is 0.498. The van der Waals surface area contributed by atoms with Gasteiger partial charge < -0.3 is 0 Å². The van der Waals surface area contributed by atoms with Gasteiger partial charge in [0.25, 0.3) is 0 Å². The molecular formula is C15H12BrClN4. The van der Waals surface area contributed by atoms with Crippen molar-refractivity contribution < 1.29 is 0 Å². The first-order valence-corrected chi connectivity index (χ1v) is 7.41. The Hall–Kier alpha value is -1.90. The van der Waals surface area contributed by atoms with Crippen LogP contribution in [0, 0.1) is 11.5 Å². The number of nitriles is 1. The first-order valence-electron chi connectivity index (χ1n) is 6.24. The second kappa shape index (κ2) is 7.77. The minimum absolute atomic E-state index is 0.498. The summed E-state index contributed by atoms with van der Waals surface area (Å²) in [6.45, 7) is 0.528. The summed E-state index contributed by atoms with van der Waals surface area (Å²) in [5, 5.41) is 12.1. The monoisotopic (exact) mass is 362 g/mol. The van der Waals surface area contributed by atoms with E-state index in [1.165, 1.54) is 0 Å². The van der Waals surface area contributed by atoms with Crippen LogP contribution >= 0.6 is 27.5 Å². The van der Waals surface area contributed by atoms with Gasteiger partial charge in [0.15, 0.2) is 6.19 Å². The van der Waals surface area contributed by atoms with Gasteiger partial charge in [-0.3, -0.25) is 15.3 Å². The zero-order valence-electron chi connectivity index (χ0n) is 11.1. The van der Waals surface area contributed by atoms with Crippen molar-refractivity contribution in [3.05, 3.63) is 63.3 Å². The number of hydrogen-bond donors (Lipinski definition) is 1. The van der Waals surface area contributed by atoms with E-state index in [-0.39, 0.29) is 0 Å². The molecule has 2 rings (SSSR count). The summed E-state index contributed by atoms with van der Waals surface area (Å²) in [6.07, 6.45) is 5.94. The molecule has 1 N–H and O–H groups in total. The molecule has 0 saturated carbocycles. The standard InChI is InChI=1S/C15H12BrClN4/c16-13-7-12(8-19-9-13)15(21-10-18)20-6-5-11-3-1-2-4-14(11)17/h1-4,7-9H,5-6H2,(H,20,21). The molecule has 1 heterocycles. The van der Waals surface area contributed by atoms with E-state index >= 15 is 0 Å². The van der Waals surface area contributed by atoms with Crippen molar-refractivity contribution in [2.75, 3.05) is 6.54 Å². The normalized spacial score (nSPS) is 11.0. The summed E-state index contributed by atoms with van der Waals surface area (Å²) < 4.78 is 0.832. The van der Waals surface area contributed by atoms with Gasteiger partial charge >= 0.3 is 0 Å². The third-order valence-electron chi connectivity index (χ3n) is 2.76. The van der Waals surface area contributed by atoms with Gasteiger partial charge in [0.05, 0.1) is 0 Å². The molecule has 0 amide bonds. The van der Waals surface area contributed by atoms with Crippen LogP contribution in [0.2, 0.25) is 5.02 Å². The molecule has 0 aliphatic rings. The van der Waals surface area contributed by atoms with E-state index in [4.69, 9.17) is 16.9 Å². The fourth-order valence-corrected chi connectivity index (χ4v) is 2.38. The Morgan fingerprint density at radius 3 is 2.90 bits per heavy atom. The van der Waals surface area contributed by atoms with Crippen molar-refractivity contribution in [1.82, 2.24) is 10.3 Å². The van der Waals surface area contributed by atoms with Crippen LogP contribution in [0.5, 0.6) is 0 Å². The number of aromatic nitrogens is 1. The number of benzene rings is 1. The summed E-state index contributed by atoms with van der Waals surface area (Å²) in [5.74, 6) is 0.498. The van der Waals surface area contributed by atoms with Crippen LogP contribution in [0.3, 0.4) is 0 Å². The van der Waals surface area contributed by atoms with Crippen molar-refractivity contribution in [3.63, 3.8) is 0 Å². The molecule has 0 aliphatic carbocycles. The molecule has 6 heteroatoms. The number of amidine groups is 1. The van der Waals surface area contributed by atoms with Gasteiger partial charge in [0, 0.05) is 34.0 Å². The van der Waals surface area contributed by atoms with Crippen LogP contribution in [0.1, 0.15) is 11.1 Å². The average molecular weight is 364 g/mol. The molecule has 0 unspecified atom stereocenters. The fraction of sp³-hybridized carbons (Fsp3) is 0.133. The molecule has 1 aromatic heterocycles. The van der Waals surface area contributed by atoms with Crippen molar-refractivity contribution in [2.45, 2.75) is 6.42 Å². The van der Waals surface area contributed by atoms with Crippen LogP contribution in [-0.2, 0) is 6.42 Å². The van der Waals surface area contributed by atoms with Gasteiger partial charge in [-0.05, 0) is 40.0 Å². The molecule has 0 bridgehead atoms. The molecule has 0 radical (unpaired) electrons. The predicted molar refractivity (Wildman–Crippen MR) is 87.2 cm³/mol. The van der Waals surface area contributed by atoms with Crippen molar-refractivity contribution in [1.29, 1.82) is 5.26 Å². The molecular weight excluding hydrogens is 352 g/mol. The zero-order valence-corrected chi connectivity index (χ0v) is 13.4. The SMILES string of the molecule is N#CNC(=NCCc1ccccc1Cl)c1cncc(Br)c1. The topological polar surface area (TPSA) is 61.1 Å². The Morgan fingerprint density at radius 1 is 1.38 bits per heavy atom. The predicted octanol–water partition coefficient (Wildman–Crippen LogP) is 3.56. The number of nitrogens with zero attached hydrogens (tertiary/aromatic N) is 3. The molecule has 1 aromatic carbocycles. The summed E-state index contributed by atoms with van der Waals surface area (Å²) in [5.41, 5.74) is 1.79. The van der Waals surface area contributed by atoms with E-state index in [9.17, 15) is 0 Å². The number of nitrogens with one attached hydrogen (secondary N) is 1. The highest BCUT2D eigenvalue weighted by atomic mass is 79.9. The molecule has 21 heavy (non-hydrogen) atoms. The van der Waals surface area contributed by atoms with Crippen molar-refractivity contribution in [3.8, 4) is 6.19 Å². The minimum Gasteiger partial charge on any atom is -0.277 e. The van der Waals surface area contributed by atoms with E-state index in [1.54, 1.807) is 12.4 Å². The molecule has 0 fully saturated rings. The van der Waals surface area contributed by atoms with E-state index < -0.39 is 0 Å². The number of pyridine rings is 1. The molecule has 0 aliphatic heterocycles. The van der Waals surface area contributed by atoms with E-state index in [0.717, 1.165) is 20.6 Å². The molecule has 0 atom stereocenters. The third kappa shape index (κ3) is 4.55. The van der Waals surface area contributed by atoms with Gasteiger partial charge in [-0.15, -0.1) is 0 Å². The van der Waals surface area contributed by atoms with Crippen LogP contribution in [0.25, 0.3) is 0 Å². The van der Waals surface area contributed by atoms with Gasteiger partial charge in [-0.1, -0.05) is 29.8 Å². The van der Waals surface area contributed by atoms with Crippen molar-refractivity contribution in [2.24, 2.45) is 4.99 Å². The van der Waals surface area contributed by atoms with E-state index in [2.05, 4.69) is 31.2 Å². The highest BCUT2D eigenvalue weighted by Gasteiger charge is 2.04. The maximum absolute atomic E-state index is 8.83. The Labute approximate surface area is 136 Å². The molecule has 106 valence electrons. The summed E-state index contributed by atoms with van der Waals surface area (Å²) in [7, 11) is 0. The van der Waals surface area contributed by atoms with Gasteiger partial charge in [0.2, 0.25) is 0 Å². The van der Waals surface area contributed by atoms with Crippen LogP contribution in [0.4, 0.5) is 0 Å². The Bertz CT molecular complexity index is 694. The number of rotatable bonds is 4. The number of halogens is 2. The molecule has 2 aromatic rings. The fourth-order valence-electron chi connectivity index (χ4n) is 1.79. The molecule has 0 saturated heterocycles. The van der Waals surface area contributed by atoms with Crippen molar-refractivity contribution >= 4 is 33.4 Å². The molecule has 0 spiro atoms. The Morgan fingerprint density at radius 2 is 2.19 bits per heavy atom. The van der Waals surface area contributed by atoms with Gasteiger partial charge in [0.1, 0.15) is 5.84 Å². The van der Waals surface area contributed by atoms with Gasteiger partial charge in [-0.2, -0.15) is 5.26 Å². The van der Waals surface area contributed by atoms with Crippen LogP contribution in [0.15, 0.2) is 52.2 Å². The Kier molecular flexibility index (Phi) is 5.73. The highest BCUT2D eigenvalue weighted by molar-refractivity contribution is 9.10. The third-order valence-corrected chi connectivity index (χ3v) is 3.56. The first-order chi connectivity index (χ1) is 10.2. The highest BCUT2D eigenvalue weighted by Crippen LogP contribution is 2.15. The number of aliphatic imine (C=N–C) groups is 1. The van der Waals surface area contributed by atoms with Gasteiger partial charge in [-0.25, -0.2) is 0 Å². The lowest BCUT2D eigenvalue weighted by atomic mass is 10.1. The summed E-state index contributed by atoms with van der Waals surface area (Å²) in [6, 6.07) is 9.51. The smallest absolute Gasteiger partial charge is 0.182 e. The van der Waals surface area contributed by atoms with Crippen LogP contribution < -0.4 is 5.32 Å². The summed E-state index contributed by atoms with van der Waals surface area (Å²) >= 11 is 9.46. The second-order valence-corrected chi connectivity index (χ2v) is 5.52. The van der Waals surface area contributed by atoms with Crippen LogP contribution in [-0.4, -0.2) is 17.4 Å². The quantitative estimate of drug-likeness (QED) is 0.391. The zero-order chi connectivity index (χ0) is 15.1. The first kappa shape index (κ1) is 15.5. The largest absolute Gasteiger partial charge is 0.277 e. The number of hydrogen-bond acceptors (Lipinski definition) is 3. The molecule has 4 nitrogen and oxygen atoms in total. The lowest BCUT2D eigenvalue weighted by Gasteiger charge is -2.05. The lowest BCUT2D eigenvalue weighted by molar-refractivity contribution is 0.958. The second-order valence-electron chi connectivity index (χ2n) is 4.20.